The molecule has 1 aliphatic heterocycles. The summed E-state index contributed by atoms with van der Waals surface area (Å²) in [6.45, 7) is 3.10. The van der Waals surface area contributed by atoms with Crippen molar-refractivity contribution in [2.24, 2.45) is 5.92 Å². The molecule has 19 heavy (non-hydrogen) atoms. The molecule has 1 unspecified atom stereocenters. The number of anilines is 3. The number of benzene rings is 2. The topological polar surface area (TPSA) is 29.3 Å². The molecule has 0 amide bonds. The Balaban J connectivity index is 2.09. The second-order valence-corrected chi connectivity index (χ2v) is 5.29. The average molecular weight is 256 g/mol. The Kier molecular flexibility index (Phi) is 2.90. The van der Waals surface area contributed by atoms with Crippen molar-refractivity contribution in [3.63, 3.8) is 0 Å². The second-order valence-electron chi connectivity index (χ2n) is 5.29. The quantitative estimate of drug-likeness (QED) is 0.788. The molecule has 2 nitrogen and oxygen atoms in total. The first-order chi connectivity index (χ1) is 9.13. The zero-order valence-electron chi connectivity index (χ0n) is 10.9. The molecule has 0 saturated heterocycles. The summed E-state index contributed by atoms with van der Waals surface area (Å²) >= 11 is 0. The van der Waals surface area contributed by atoms with Gasteiger partial charge >= 0.3 is 0 Å². The fourth-order valence-electron chi connectivity index (χ4n) is 2.79. The normalized spacial score (nSPS) is 18.2. The van der Waals surface area contributed by atoms with Gasteiger partial charge in [-0.05, 0) is 42.2 Å². The number of para-hydroxylation sites is 1. The van der Waals surface area contributed by atoms with E-state index >= 15 is 0 Å². The lowest BCUT2D eigenvalue weighted by Crippen LogP contribution is -2.30. The molecule has 1 atom stereocenters. The van der Waals surface area contributed by atoms with E-state index in [2.05, 4.69) is 30.0 Å². The van der Waals surface area contributed by atoms with E-state index in [1.165, 1.54) is 11.6 Å². The highest BCUT2D eigenvalue weighted by Crippen LogP contribution is 2.36. The van der Waals surface area contributed by atoms with E-state index in [9.17, 15) is 4.39 Å². The SMILES string of the molecule is CC1Cc2ccccc2N(c2cc(N)cc(F)c2)C1. The Morgan fingerprint density at radius 3 is 2.79 bits per heavy atom. The standard InChI is InChI=1S/C16H17FN2/c1-11-6-12-4-2-3-5-16(12)19(10-11)15-8-13(17)7-14(18)9-15/h2-5,7-9,11H,6,10,18H2,1H3. The van der Waals surface area contributed by atoms with Crippen molar-refractivity contribution in [1.29, 1.82) is 0 Å². The van der Waals surface area contributed by atoms with Gasteiger partial charge in [-0.2, -0.15) is 0 Å². The van der Waals surface area contributed by atoms with Gasteiger partial charge in [0, 0.05) is 23.6 Å². The van der Waals surface area contributed by atoms with Gasteiger partial charge in [0.25, 0.3) is 0 Å². The van der Waals surface area contributed by atoms with Gasteiger partial charge in [-0.1, -0.05) is 25.1 Å². The third-order valence-electron chi connectivity index (χ3n) is 3.56. The van der Waals surface area contributed by atoms with Crippen molar-refractivity contribution in [2.75, 3.05) is 17.2 Å². The molecule has 98 valence electrons. The lowest BCUT2D eigenvalue weighted by molar-refractivity contribution is 0.561. The van der Waals surface area contributed by atoms with Crippen LogP contribution in [0.3, 0.4) is 0 Å². The highest BCUT2D eigenvalue weighted by Gasteiger charge is 2.22. The van der Waals surface area contributed by atoms with Crippen LogP contribution in [0.2, 0.25) is 0 Å². The average Bonchev–Trinajstić information content (AvgIpc) is 2.36. The highest BCUT2D eigenvalue weighted by molar-refractivity contribution is 5.70. The van der Waals surface area contributed by atoms with Gasteiger partial charge in [0.2, 0.25) is 0 Å². The minimum Gasteiger partial charge on any atom is -0.399 e. The maximum atomic E-state index is 13.5. The van der Waals surface area contributed by atoms with Gasteiger partial charge in [0.15, 0.2) is 0 Å². The summed E-state index contributed by atoms with van der Waals surface area (Å²) in [5, 5.41) is 0. The predicted molar refractivity (Wildman–Crippen MR) is 77.1 cm³/mol. The molecular weight excluding hydrogens is 239 g/mol. The van der Waals surface area contributed by atoms with Crippen LogP contribution in [-0.4, -0.2) is 6.54 Å². The molecule has 0 radical (unpaired) electrons. The predicted octanol–water partition coefficient (Wildman–Crippen LogP) is 3.74. The van der Waals surface area contributed by atoms with E-state index in [0.29, 0.717) is 11.6 Å². The van der Waals surface area contributed by atoms with Crippen LogP contribution in [0.1, 0.15) is 12.5 Å². The molecule has 2 aromatic carbocycles. The lowest BCUT2D eigenvalue weighted by Gasteiger charge is -2.35. The van der Waals surface area contributed by atoms with E-state index in [0.717, 1.165) is 24.3 Å². The van der Waals surface area contributed by atoms with E-state index in [-0.39, 0.29) is 5.82 Å². The van der Waals surface area contributed by atoms with Crippen molar-refractivity contribution in [1.82, 2.24) is 0 Å². The van der Waals surface area contributed by atoms with Gasteiger partial charge in [0.1, 0.15) is 5.82 Å². The van der Waals surface area contributed by atoms with Crippen molar-refractivity contribution in [3.05, 3.63) is 53.8 Å². The summed E-state index contributed by atoms with van der Waals surface area (Å²) in [4.78, 5) is 2.16. The summed E-state index contributed by atoms with van der Waals surface area (Å²) in [5.74, 6) is 0.255. The molecule has 0 saturated carbocycles. The van der Waals surface area contributed by atoms with Crippen LogP contribution in [-0.2, 0) is 6.42 Å². The maximum absolute atomic E-state index is 13.5. The van der Waals surface area contributed by atoms with Gasteiger partial charge in [-0.3, -0.25) is 0 Å². The highest BCUT2D eigenvalue weighted by atomic mass is 19.1. The van der Waals surface area contributed by atoms with Crippen LogP contribution in [0.15, 0.2) is 42.5 Å². The Morgan fingerprint density at radius 2 is 2.00 bits per heavy atom. The zero-order valence-corrected chi connectivity index (χ0v) is 10.9. The van der Waals surface area contributed by atoms with Crippen LogP contribution in [0, 0.1) is 11.7 Å². The molecular formula is C16H17FN2. The second kappa shape index (κ2) is 4.57. The summed E-state index contributed by atoms with van der Waals surface area (Å²) in [6.07, 6.45) is 1.07. The van der Waals surface area contributed by atoms with E-state index in [1.807, 2.05) is 12.1 Å². The van der Waals surface area contributed by atoms with Crippen LogP contribution in [0.4, 0.5) is 21.5 Å². The van der Waals surface area contributed by atoms with Crippen molar-refractivity contribution < 1.29 is 4.39 Å². The summed E-state index contributed by atoms with van der Waals surface area (Å²) in [7, 11) is 0. The Bertz CT molecular complexity index is 589. The maximum Gasteiger partial charge on any atom is 0.127 e. The van der Waals surface area contributed by atoms with Crippen molar-refractivity contribution >= 4 is 17.1 Å². The lowest BCUT2D eigenvalue weighted by atomic mass is 9.93. The fraction of sp³-hybridized carbons (Fsp3) is 0.250. The van der Waals surface area contributed by atoms with E-state index < -0.39 is 0 Å². The molecule has 2 N–H and O–H groups in total. The van der Waals surface area contributed by atoms with Crippen LogP contribution < -0.4 is 10.6 Å². The molecule has 3 rings (SSSR count). The Labute approximate surface area is 112 Å². The summed E-state index contributed by atoms with van der Waals surface area (Å²) in [5.41, 5.74) is 9.52. The first-order valence-corrected chi connectivity index (χ1v) is 6.55. The third-order valence-corrected chi connectivity index (χ3v) is 3.56. The smallest absolute Gasteiger partial charge is 0.127 e. The first kappa shape index (κ1) is 12.0. The molecule has 3 heteroatoms. The Hall–Kier alpha value is -2.03. The van der Waals surface area contributed by atoms with Crippen LogP contribution >= 0.6 is 0 Å². The van der Waals surface area contributed by atoms with Crippen LogP contribution in [0.25, 0.3) is 0 Å². The van der Waals surface area contributed by atoms with E-state index in [1.54, 1.807) is 6.07 Å². The molecule has 0 bridgehead atoms. The monoisotopic (exact) mass is 256 g/mol. The molecule has 0 fully saturated rings. The first-order valence-electron chi connectivity index (χ1n) is 6.55. The molecule has 2 aromatic rings. The molecule has 1 heterocycles. The largest absolute Gasteiger partial charge is 0.399 e. The summed E-state index contributed by atoms with van der Waals surface area (Å²) < 4.78 is 13.5. The number of nitrogens with two attached hydrogens (primary N) is 1. The summed E-state index contributed by atoms with van der Waals surface area (Å²) in [6, 6.07) is 13.0. The minimum absolute atomic E-state index is 0.286. The number of fused-ring (bicyclic) bond motifs is 1. The number of hydrogen-bond acceptors (Lipinski definition) is 2. The van der Waals surface area contributed by atoms with Crippen LogP contribution in [0.5, 0.6) is 0 Å². The molecule has 0 aliphatic carbocycles. The minimum atomic E-state index is -0.286. The number of nitrogen functional groups attached to an aromatic ring is 1. The number of halogens is 1. The third kappa shape index (κ3) is 2.28. The number of nitrogens with zero attached hydrogens (tertiary/aromatic N) is 1. The Morgan fingerprint density at radius 1 is 1.21 bits per heavy atom. The number of rotatable bonds is 1. The van der Waals surface area contributed by atoms with Gasteiger partial charge < -0.3 is 10.6 Å². The van der Waals surface area contributed by atoms with Gasteiger partial charge in [0.05, 0.1) is 0 Å². The van der Waals surface area contributed by atoms with Gasteiger partial charge in [-0.25, -0.2) is 4.39 Å². The zero-order chi connectivity index (χ0) is 13.4. The van der Waals surface area contributed by atoms with Crippen molar-refractivity contribution in [2.45, 2.75) is 13.3 Å². The molecule has 1 aliphatic rings. The fourth-order valence-corrected chi connectivity index (χ4v) is 2.79. The van der Waals surface area contributed by atoms with Gasteiger partial charge in [-0.15, -0.1) is 0 Å². The van der Waals surface area contributed by atoms with Crippen molar-refractivity contribution in [3.8, 4) is 0 Å². The van der Waals surface area contributed by atoms with E-state index in [4.69, 9.17) is 5.73 Å². The molecule has 0 spiro atoms. The molecule has 0 aromatic heterocycles. The number of hydrogen-bond donors (Lipinski definition) is 1.